The van der Waals surface area contributed by atoms with E-state index in [2.05, 4.69) is 0 Å². The first-order valence-corrected chi connectivity index (χ1v) is 5.51. The lowest BCUT2D eigenvalue weighted by molar-refractivity contribution is 0.00954. The van der Waals surface area contributed by atoms with Crippen molar-refractivity contribution in [3.63, 3.8) is 0 Å². The fraction of sp³-hybridized carbons (Fsp3) is 0.300. The summed E-state index contributed by atoms with van der Waals surface area (Å²) in [5, 5.41) is 0. The Labute approximate surface area is 89.5 Å². The number of carbonyl (C=O) groups is 1. The van der Waals surface area contributed by atoms with Gasteiger partial charge in [-0.15, -0.1) is 0 Å². The summed E-state index contributed by atoms with van der Waals surface area (Å²) in [7, 11) is 0. The van der Waals surface area contributed by atoms with E-state index in [1.165, 1.54) is 12.1 Å². The molecule has 2 rings (SSSR count). The SMILES string of the molecule is CC1(C)OC(=O)c2cc(S(=O)O)ccc21. The predicted octanol–water partition coefficient (Wildman–Crippen LogP) is 1.67. The van der Waals surface area contributed by atoms with E-state index >= 15 is 0 Å². The highest BCUT2D eigenvalue weighted by Crippen LogP contribution is 2.36. The Kier molecular flexibility index (Phi) is 2.17. The van der Waals surface area contributed by atoms with Crippen LogP contribution >= 0.6 is 0 Å². The summed E-state index contributed by atoms with van der Waals surface area (Å²) in [6, 6.07) is 4.59. The van der Waals surface area contributed by atoms with Crippen molar-refractivity contribution in [1.29, 1.82) is 0 Å². The molecule has 1 aromatic carbocycles. The van der Waals surface area contributed by atoms with Gasteiger partial charge in [-0.1, -0.05) is 6.07 Å². The second-order valence-electron chi connectivity index (χ2n) is 3.86. The van der Waals surface area contributed by atoms with Crippen LogP contribution in [0.25, 0.3) is 0 Å². The number of ether oxygens (including phenoxy) is 1. The van der Waals surface area contributed by atoms with Gasteiger partial charge in [-0.05, 0) is 26.0 Å². The van der Waals surface area contributed by atoms with Crippen LogP contribution in [-0.2, 0) is 21.4 Å². The zero-order chi connectivity index (χ0) is 11.2. The van der Waals surface area contributed by atoms with Crippen molar-refractivity contribution in [2.45, 2.75) is 24.3 Å². The van der Waals surface area contributed by atoms with E-state index < -0.39 is 22.7 Å². The number of hydrogen-bond donors (Lipinski definition) is 1. The van der Waals surface area contributed by atoms with Gasteiger partial charge in [0.1, 0.15) is 5.60 Å². The van der Waals surface area contributed by atoms with Crippen LogP contribution in [0, 0.1) is 0 Å². The average Bonchev–Trinajstić information content (AvgIpc) is 2.37. The van der Waals surface area contributed by atoms with Gasteiger partial charge in [0.2, 0.25) is 0 Å². The van der Waals surface area contributed by atoms with E-state index in [0.717, 1.165) is 5.56 Å². The van der Waals surface area contributed by atoms with Gasteiger partial charge >= 0.3 is 5.97 Å². The smallest absolute Gasteiger partial charge is 0.339 e. The Morgan fingerprint density at radius 3 is 2.67 bits per heavy atom. The summed E-state index contributed by atoms with van der Waals surface area (Å²) in [5.74, 6) is -0.442. The fourth-order valence-electron chi connectivity index (χ4n) is 1.67. The van der Waals surface area contributed by atoms with Crippen molar-refractivity contribution in [3.8, 4) is 0 Å². The molecule has 1 atom stereocenters. The zero-order valence-electron chi connectivity index (χ0n) is 8.31. The molecule has 0 radical (unpaired) electrons. The topological polar surface area (TPSA) is 63.6 Å². The van der Waals surface area contributed by atoms with E-state index in [0.29, 0.717) is 5.56 Å². The Morgan fingerprint density at radius 2 is 2.07 bits per heavy atom. The van der Waals surface area contributed by atoms with Crippen molar-refractivity contribution in [2.75, 3.05) is 0 Å². The van der Waals surface area contributed by atoms with E-state index in [1.54, 1.807) is 19.9 Å². The van der Waals surface area contributed by atoms with E-state index in [9.17, 15) is 9.00 Å². The lowest BCUT2D eigenvalue weighted by Gasteiger charge is -2.17. The van der Waals surface area contributed by atoms with Gasteiger partial charge in [-0.3, -0.25) is 0 Å². The summed E-state index contributed by atoms with van der Waals surface area (Å²) >= 11 is -2.07. The normalized spacial score (nSPS) is 19.5. The van der Waals surface area contributed by atoms with Crippen molar-refractivity contribution in [1.82, 2.24) is 0 Å². The van der Waals surface area contributed by atoms with Crippen molar-refractivity contribution in [2.24, 2.45) is 0 Å². The lowest BCUT2D eigenvalue weighted by Crippen LogP contribution is -2.15. The molecule has 0 bridgehead atoms. The summed E-state index contributed by atoms with van der Waals surface area (Å²) in [5.41, 5.74) is 0.476. The van der Waals surface area contributed by atoms with Gasteiger partial charge in [-0.25, -0.2) is 9.00 Å². The molecule has 0 saturated heterocycles. The third-order valence-corrected chi connectivity index (χ3v) is 3.07. The van der Waals surface area contributed by atoms with Gasteiger partial charge in [0, 0.05) is 5.56 Å². The summed E-state index contributed by atoms with van der Waals surface area (Å²) in [6.07, 6.45) is 0. The van der Waals surface area contributed by atoms with Crippen LogP contribution in [-0.4, -0.2) is 14.7 Å². The molecule has 4 nitrogen and oxygen atoms in total. The molecule has 1 N–H and O–H groups in total. The maximum atomic E-state index is 11.5. The van der Waals surface area contributed by atoms with Crippen molar-refractivity contribution < 1.29 is 18.3 Å². The lowest BCUT2D eigenvalue weighted by atomic mass is 9.96. The molecule has 0 spiro atoms. The third-order valence-electron chi connectivity index (χ3n) is 2.41. The fourth-order valence-corrected chi connectivity index (χ4v) is 2.07. The first-order valence-electron chi connectivity index (χ1n) is 4.40. The Bertz CT molecular complexity index is 464. The summed E-state index contributed by atoms with van der Waals surface area (Å²) < 4.78 is 24.9. The van der Waals surface area contributed by atoms with Crippen LogP contribution in [0.15, 0.2) is 23.1 Å². The molecule has 0 amide bonds. The number of hydrogen-bond acceptors (Lipinski definition) is 3. The van der Waals surface area contributed by atoms with Crippen LogP contribution in [0.2, 0.25) is 0 Å². The van der Waals surface area contributed by atoms with Gasteiger partial charge in [-0.2, -0.15) is 0 Å². The minimum Gasteiger partial charge on any atom is -0.451 e. The number of rotatable bonds is 1. The molecule has 1 unspecified atom stereocenters. The second-order valence-corrected chi connectivity index (χ2v) is 4.83. The molecule has 0 saturated carbocycles. The molecule has 1 heterocycles. The number of esters is 1. The first-order chi connectivity index (χ1) is 6.92. The monoisotopic (exact) mass is 226 g/mol. The van der Waals surface area contributed by atoms with E-state index in [1.807, 2.05) is 0 Å². The number of benzene rings is 1. The van der Waals surface area contributed by atoms with Crippen molar-refractivity contribution in [3.05, 3.63) is 29.3 Å². The predicted molar refractivity (Wildman–Crippen MR) is 53.9 cm³/mol. The molecular weight excluding hydrogens is 216 g/mol. The summed E-state index contributed by atoms with van der Waals surface area (Å²) in [4.78, 5) is 11.7. The first kappa shape index (κ1) is 10.3. The highest BCUT2D eigenvalue weighted by atomic mass is 32.2. The highest BCUT2D eigenvalue weighted by Gasteiger charge is 2.37. The minimum absolute atomic E-state index is 0.211. The molecular formula is C10H10O4S. The van der Waals surface area contributed by atoms with Gasteiger partial charge in [0.05, 0.1) is 10.5 Å². The van der Waals surface area contributed by atoms with Crippen LogP contribution in [0.5, 0.6) is 0 Å². The van der Waals surface area contributed by atoms with Crippen LogP contribution in [0.1, 0.15) is 29.8 Å². The van der Waals surface area contributed by atoms with Gasteiger partial charge in [0.25, 0.3) is 0 Å². The quantitative estimate of drug-likeness (QED) is 0.584. The van der Waals surface area contributed by atoms with Crippen LogP contribution < -0.4 is 0 Å². The maximum absolute atomic E-state index is 11.5. The molecule has 0 aliphatic carbocycles. The molecule has 0 fully saturated rings. The van der Waals surface area contributed by atoms with Gasteiger partial charge < -0.3 is 9.29 Å². The second kappa shape index (κ2) is 3.15. The zero-order valence-corrected chi connectivity index (χ0v) is 9.13. The van der Waals surface area contributed by atoms with Gasteiger partial charge in [0.15, 0.2) is 11.1 Å². The maximum Gasteiger partial charge on any atom is 0.339 e. The molecule has 1 aliphatic rings. The Morgan fingerprint density at radius 1 is 1.40 bits per heavy atom. The Balaban J connectivity index is 2.60. The minimum atomic E-state index is -2.07. The molecule has 80 valence electrons. The van der Waals surface area contributed by atoms with Crippen molar-refractivity contribution >= 4 is 17.0 Å². The number of cyclic esters (lactones) is 1. The third kappa shape index (κ3) is 1.57. The number of carbonyl (C=O) groups excluding carboxylic acids is 1. The highest BCUT2D eigenvalue weighted by molar-refractivity contribution is 7.79. The average molecular weight is 226 g/mol. The van der Waals surface area contributed by atoms with E-state index in [-0.39, 0.29) is 4.90 Å². The molecule has 15 heavy (non-hydrogen) atoms. The Hall–Kier alpha value is -1.20. The largest absolute Gasteiger partial charge is 0.451 e. The molecule has 1 aliphatic heterocycles. The standard InChI is InChI=1S/C10H10O4S/c1-10(2)8-4-3-6(15(12)13)5-7(8)9(11)14-10/h3-5H,1-2H3,(H,12,13). The van der Waals surface area contributed by atoms with Crippen LogP contribution in [0.3, 0.4) is 0 Å². The van der Waals surface area contributed by atoms with Crippen LogP contribution in [0.4, 0.5) is 0 Å². The summed E-state index contributed by atoms with van der Waals surface area (Å²) in [6.45, 7) is 3.57. The molecule has 0 aromatic heterocycles. The number of fused-ring (bicyclic) bond motifs is 1. The molecule has 5 heteroatoms. The van der Waals surface area contributed by atoms with E-state index in [4.69, 9.17) is 9.29 Å². The molecule has 1 aromatic rings.